The van der Waals surface area contributed by atoms with Gasteiger partial charge in [-0.2, -0.15) is 0 Å². The summed E-state index contributed by atoms with van der Waals surface area (Å²) in [5.74, 6) is 0. The van der Waals surface area contributed by atoms with Crippen LogP contribution in [0.1, 0.15) is 32.1 Å². The van der Waals surface area contributed by atoms with E-state index in [0.717, 1.165) is 18.8 Å². The number of hydrogen-bond donors (Lipinski definition) is 1. The van der Waals surface area contributed by atoms with Gasteiger partial charge in [-0.15, -0.1) is 10.2 Å². The van der Waals surface area contributed by atoms with Crippen molar-refractivity contribution < 1.29 is 0 Å². The molecule has 19 heavy (non-hydrogen) atoms. The molecule has 0 radical (unpaired) electrons. The maximum Gasteiger partial charge on any atom is 0.175 e. The van der Waals surface area contributed by atoms with Crippen molar-refractivity contribution in [2.75, 3.05) is 18.0 Å². The van der Waals surface area contributed by atoms with Gasteiger partial charge in [0.05, 0.1) is 5.69 Å². The standard InChI is InChI=1S/C13H18Cl2N4/c14-12-7-11(13(15)18-17-12)19(10-4-5-10)8-9-3-1-2-6-16-9/h7,9-10,16H,1-6,8H2. The quantitative estimate of drug-likeness (QED) is 0.928. The molecule has 1 aliphatic carbocycles. The van der Waals surface area contributed by atoms with Gasteiger partial charge in [-0.3, -0.25) is 0 Å². The van der Waals surface area contributed by atoms with Crippen LogP contribution in [-0.2, 0) is 0 Å². The van der Waals surface area contributed by atoms with Gasteiger partial charge in [0.25, 0.3) is 0 Å². The van der Waals surface area contributed by atoms with Gasteiger partial charge in [-0.1, -0.05) is 29.6 Å². The summed E-state index contributed by atoms with van der Waals surface area (Å²) in [6.07, 6.45) is 6.27. The molecule has 3 rings (SSSR count). The van der Waals surface area contributed by atoms with Crippen LogP contribution in [0.25, 0.3) is 0 Å². The highest BCUT2D eigenvalue weighted by molar-refractivity contribution is 6.33. The highest BCUT2D eigenvalue weighted by Crippen LogP contribution is 2.36. The van der Waals surface area contributed by atoms with Crippen LogP contribution in [0.3, 0.4) is 0 Å². The van der Waals surface area contributed by atoms with Crippen molar-refractivity contribution in [1.29, 1.82) is 0 Å². The van der Waals surface area contributed by atoms with E-state index in [1.807, 2.05) is 6.07 Å². The van der Waals surface area contributed by atoms with Gasteiger partial charge in [0.1, 0.15) is 0 Å². The Morgan fingerprint density at radius 2 is 2.05 bits per heavy atom. The zero-order valence-corrected chi connectivity index (χ0v) is 12.3. The van der Waals surface area contributed by atoms with Crippen molar-refractivity contribution in [2.45, 2.75) is 44.2 Å². The lowest BCUT2D eigenvalue weighted by molar-refractivity contribution is 0.398. The Balaban J connectivity index is 1.78. The minimum Gasteiger partial charge on any atom is -0.364 e. The number of nitrogens with zero attached hydrogens (tertiary/aromatic N) is 3. The molecule has 1 aromatic rings. The predicted octanol–water partition coefficient (Wildman–Crippen LogP) is 2.89. The summed E-state index contributed by atoms with van der Waals surface area (Å²) in [6, 6.07) is 2.96. The predicted molar refractivity (Wildman–Crippen MR) is 78.1 cm³/mol. The Morgan fingerprint density at radius 1 is 1.21 bits per heavy atom. The summed E-state index contributed by atoms with van der Waals surface area (Å²) in [4.78, 5) is 2.35. The number of anilines is 1. The van der Waals surface area contributed by atoms with Gasteiger partial charge in [-0.25, -0.2) is 0 Å². The zero-order valence-electron chi connectivity index (χ0n) is 10.8. The largest absolute Gasteiger partial charge is 0.364 e. The number of rotatable bonds is 4. The molecule has 1 aromatic heterocycles. The molecule has 1 saturated carbocycles. The van der Waals surface area contributed by atoms with E-state index in [0.29, 0.717) is 22.4 Å². The summed E-state index contributed by atoms with van der Waals surface area (Å²) >= 11 is 12.1. The summed E-state index contributed by atoms with van der Waals surface area (Å²) in [5.41, 5.74) is 0.927. The number of hydrogen-bond acceptors (Lipinski definition) is 4. The van der Waals surface area contributed by atoms with Gasteiger partial charge >= 0.3 is 0 Å². The van der Waals surface area contributed by atoms with Crippen LogP contribution >= 0.6 is 23.2 Å². The van der Waals surface area contributed by atoms with Crippen LogP contribution in [0.15, 0.2) is 6.07 Å². The normalized spacial score (nSPS) is 23.4. The summed E-state index contributed by atoms with van der Waals surface area (Å²) in [7, 11) is 0. The smallest absolute Gasteiger partial charge is 0.175 e. The molecule has 0 amide bonds. The lowest BCUT2D eigenvalue weighted by Crippen LogP contribution is -2.44. The number of piperidine rings is 1. The molecule has 2 fully saturated rings. The van der Waals surface area contributed by atoms with Crippen molar-refractivity contribution in [1.82, 2.24) is 15.5 Å². The lowest BCUT2D eigenvalue weighted by atomic mass is 10.0. The van der Waals surface area contributed by atoms with Crippen molar-refractivity contribution >= 4 is 28.9 Å². The third-order valence-electron chi connectivity index (χ3n) is 3.83. The van der Waals surface area contributed by atoms with Crippen molar-refractivity contribution in [3.63, 3.8) is 0 Å². The van der Waals surface area contributed by atoms with E-state index in [9.17, 15) is 0 Å². The molecule has 104 valence electrons. The minimum absolute atomic E-state index is 0.404. The zero-order chi connectivity index (χ0) is 13.2. The Bertz CT molecular complexity index is 444. The van der Waals surface area contributed by atoms with Gasteiger partial charge in [0, 0.05) is 24.7 Å². The molecule has 1 aliphatic heterocycles. The maximum absolute atomic E-state index is 6.19. The number of nitrogens with one attached hydrogen (secondary N) is 1. The number of halogens is 2. The first-order valence-electron chi connectivity index (χ1n) is 6.93. The average molecular weight is 301 g/mol. The average Bonchev–Trinajstić information content (AvgIpc) is 3.25. The molecule has 0 aromatic carbocycles. The summed E-state index contributed by atoms with van der Waals surface area (Å²) in [5, 5.41) is 12.2. The molecule has 4 nitrogen and oxygen atoms in total. The number of aromatic nitrogens is 2. The Hall–Kier alpha value is -0.580. The first-order valence-corrected chi connectivity index (χ1v) is 7.68. The molecule has 1 N–H and O–H groups in total. The minimum atomic E-state index is 0.404. The highest BCUT2D eigenvalue weighted by Gasteiger charge is 2.32. The van der Waals surface area contributed by atoms with E-state index < -0.39 is 0 Å². The molecular weight excluding hydrogens is 283 g/mol. The topological polar surface area (TPSA) is 41.0 Å². The molecule has 0 spiro atoms. The SMILES string of the molecule is Clc1cc(N(CC2CCCCN2)C2CC2)c(Cl)nn1. The fourth-order valence-electron chi connectivity index (χ4n) is 2.69. The third-order valence-corrected chi connectivity index (χ3v) is 4.28. The molecule has 0 bridgehead atoms. The second-order valence-electron chi connectivity index (χ2n) is 5.37. The molecule has 2 aliphatic rings. The van der Waals surface area contributed by atoms with Crippen molar-refractivity contribution in [3.05, 3.63) is 16.4 Å². The van der Waals surface area contributed by atoms with Crippen LogP contribution in [0, 0.1) is 0 Å². The monoisotopic (exact) mass is 300 g/mol. The van der Waals surface area contributed by atoms with Crippen molar-refractivity contribution in [3.8, 4) is 0 Å². The lowest BCUT2D eigenvalue weighted by Gasteiger charge is -2.32. The van der Waals surface area contributed by atoms with E-state index in [1.54, 1.807) is 0 Å². The molecule has 1 unspecified atom stereocenters. The van der Waals surface area contributed by atoms with Gasteiger partial charge in [-0.05, 0) is 32.2 Å². The summed E-state index contributed by atoms with van der Waals surface area (Å²) < 4.78 is 0. The van der Waals surface area contributed by atoms with Crippen LogP contribution in [0.5, 0.6) is 0 Å². The first-order chi connectivity index (χ1) is 9.24. The highest BCUT2D eigenvalue weighted by atomic mass is 35.5. The van der Waals surface area contributed by atoms with E-state index >= 15 is 0 Å². The second-order valence-corrected chi connectivity index (χ2v) is 6.12. The van der Waals surface area contributed by atoms with Crippen LogP contribution < -0.4 is 10.2 Å². The van der Waals surface area contributed by atoms with Gasteiger partial charge in [0.15, 0.2) is 10.3 Å². The molecule has 2 heterocycles. The third kappa shape index (κ3) is 3.30. The van der Waals surface area contributed by atoms with Gasteiger partial charge < -0.3 is 10.2 Å². The fourth-order valence-corrected chi connectivity index (χ4v) is 3.04. The van der Waals surface area contributed by atoms with E-state index in [1.165, 1.54) is 32.1 Å². The van der Waals surface area contributed by atoms with E-state index in [-0.39, 0.29) is 0 Å². The molecule has 1 saturated heterocycles. The molecule has 1 atom stereocenters. The Labute approximate surface area is 123 Å². The van der Waals surface area contributed by atoms with E-state index in [4.69, 9.17) is 23.2 Å². The second kappa shape index (κ2) is 5.81. The fraction of sp³-hybridized carbons (Fsp3) is 0.692. The van der Waals surface area contributed by atoms with Crippen LogP contribution in [-0.4, -0.2) is 35.4 Å². The Morgan fingerprint density at radius 3 is 2.74 bits per heavy atom. The van der Waals surface area contributed by atoms with Gasteiger partial charge in [0.2, 0.25) is 0 Å². The molecular formula is C13H18Cl2N4. The summed E-state index contributed by atoms with van der Waals surface area (Å²) in [6.45, 7) is 2.10. The van der Waals surface area contributed by atoms with Crippen LogP contribution in [0.4, 0.5) is 5.69 Å². The maximum atomic E-state index is 6.19. The van der Waals surface area contributed by atoms with Crippen molar-refractivity contribution in [2.24, 2.45) is 0 Å². The first kappa shape index (κ1) is 13.4. The van der Waals surface area contributed by atoms with Crippen LogP contribution in [0.2, 0.25) is 10.3 Å². The molecule has 6 heteroatoms. The Kier molecular flexibility index (Phi) is 4.10. The van der Waals surface area contributed by atoms with E-state index in [2.05, 4.69) is 20.4 Å².